The van der Waals surface area contributed by atoms with Gasteiger partial charge < -0.3 is 9.72 Å². The van der Waals surface area contributed by atoms with Crippen LogP contribution in [-0.4, -0.2) is 40.5 Å². The van der Waals surface area contributed by atoms with Crippen molar-refractivity contribution in [1.29, 1.82) is 0 Å². The molecule has 3 heterocycles. The second-order valence-electron chi connectivity index (χ2n) is 7.81. The number of rotatable bonds is 4. The maximum atomic E-state index is 5.01. The third-order valence-electron chi connectivity index (χ3n) is 5.71. The van der Waals surface area contributed by atoms with Gasteiger partial charge in [-0.1, -0.05) is 60.7 Å². The second-order valence-corrected chi connectivity index (χ2v) is 7.81. The Labute approximate surface area is 171 Å². The first-order valence-electron chi connectivity index (χ1n) is 10.3. The van der Waals surface area contributed by atoms with E-state index in [-0.39, 0.29) is 0 Å². The highest BCUT2D eigenvalue weighted by molar-refractivity contribution is 5.71. The fourth-order valence-electron chi connectivity index (χ4n) is 4.11. The minimum atomic E-state index is 0.919. The van der Waals surface area contributed by atoms with Crippen molar-refractivity contribution >= 4 is 5.65 Å². The van der Waals surface area contributed by atoms with Crippen LogP contribution in [0.25, 0.3) is 28.0 Å². The van der Waals surface area contributed by atoms with Gasteiger partial charge in [0.15, 0.2) is 0 Å². The molecule has 1 aliphatic heterocycles. The Morgan fingerprint density at radius 2 is 1.52 bits per heavy atom. The van der Waals surface area contributed by atoms with E-state index in [4.69, 9.17) is 4.98 Å². The summed E-state index contributed by atoms with van der Waals surface area (Å²) >= 11 is 0. The molecule has 1 fully saturated rings. The normalized spacial score (nSPS) is 15.1. The van der Waals surface area contributed by atoms with E-state index in [2.05, 4.69) is 94.5 Å². The number of hydrogen-bond donors (Lipinski definition) is 1. The Kier molecular flexibility index (Phi) is 4.88. The quantitative estimate of drug-likeness (QED) is 0.568. The van der Waals surface area contributed by atoms with Gasteiger partial charge in [0.1, 0.15) is 5.65 Å². The maximum absolute atomic E-state index is 5.01. The summed E-state index contributed by atoms with van der Waals surface area (Å²) < 4.78 is 2.28. The summed E-state index contributed by atoms with van der Waals surface area (Å²) in [6, 6.07) is 23.6. The van der Waals surface area contributed by atoms with Crippen LogP contribution in [0.3, 0.4) is 0 Å². The number of pyridine rings is 1. The molecule has 4 heteroatoms. The third-order valence-corrected chi connectivity index (χ3v) is 5.71. The first-order chi connectivity index (χ1) is 14.3. The van der Waals surface area contributed by atoms with E-state index in [1.54, 1.807) is 0 Å². The number of nitrogens with zero attached hydrogens (tertiary/aromatic N) is 3. The molecule has 0 amide bonds. The lowest BCUT2D eigenvalue weighted by Gasteiger charge is -2.27. The zero-order chi connectivity index (χ0) is 19.6. The molecule has 0 bridgehead atoms. The topological polar surface area (TPSA) is 32.6 Å². The average molecular weight is 383 g/mol. The summed E-state index contributed by atoms with van der Waals surface area (Å²) in [6.45, 7) is 7.31. The predicted molar refractivity (Wildman–Crippen MR) is 119 cm³/mol. The first-order valence-corrected chi connectivity index (χ1v) is 10.3. The molecule has 4 aromatic rings. The highest BCUT2D eigenvalue weighted by Crippen LogP contribution is 2.29. The van der Waals surface area contributed by atoms with Crippen molar-refractivity contribution in [2.45, 2.75) is 13.5 Å². The Balaban J connectivity index is 1.55. The number of hydrogen-bond acceptors (Lipinski definition) is 3. The van der Waals surface area contributed by atoms with Gasteiger partial charge in [-0.3, -0.25) is 4.90 Å². The van der Waals surface area contributed by atoms with Crippen molar-refractivity contribution in [3.05, 3.63) is 84.2 Å². The highest BCUT2D eigenvalue weighted by atomic mass is 15.2. The molecule has 0 unspecified atom stereocenters. The van der Waals surface area contributed by atoms with Crippen LogP contribution in [-0.2, 0) is 6.54 Å². The maximum Gasteiger partial charge on any atom is 0.137 e. The second kappa shape index (κ2) is 7.82. The largest absolute Gasteiger partial charge is 0.314 e. The number of nitrogens with one attached hydrogen (secondary N) is 1. The van der Waals surface area contributed by atoms with Crippen molar-refractivity contribution in [3.63, 3.8) is 0 Å². The van der Waals surface area contributed by atoms with Gasteiger partial charge in [0.05, 0.1) is 11.4 Å². The third kappa shape index (κ3) is 3.69. The zero-order valence-corrected chi connectivity index (χ0v) is 16.8. The Hall–Kier alpha value is -2.95. The lowest BCUT2D eigenvalue weighted by molar-refractivity contribution is 0.230. The molecular formula is C25H26N4. The van der Waals surface area contributed by atoms with Gasteiger partial charge in [-0.15, -0.1) is 0 Å². The molecule has 0 atom stereocenters. The average Bonchev–Trinajstić information content (AvgIpc) is 3.13. The van der Waals surface area contributed by atoms with Gasteiger partial charge in [0.2, 0.25) is 0 Å². The predicted octanol–water partition coefficient (Wildman–Crippen LogP) is 4.38. The number of benzene rings is 2. The van der Waals surface area contributed by atoms with E-state index in [0.717, 1.165) is 44.1 Å². The first kappa shape index (κ1) is 18.1. The fraction of sp³-hybridized carbons (Fsp3) is 0.240. The molecule has 0 spiro atoms. The van der Waals surface area contributed by atoms with Gasteiger partial charge in [-0.25, -0.2) is 4.98 Å². The van der Waals surface area contributed by atoms with Crippen molar-refractivity contribution in [2.75, 3.05) is 26.2 Å². The molecule has 5 rings (SSSR count). The summed E-state index contributed by atoms with van der Waals surface area (Å²) in [6.07, 6.45) is 2.21. The summed E-state index contributed by atoms with van der Waals surface area (Å²) in [5.74, 6) is 0. The molecule has 2 aromatic heterocycles. The molecular weight excluding hydrogens is 356 g/mol. The summed E-state index contributed by atoms with van der Waals surface area (Å²) in [5.41, 5.74) is 8.29. The highest BCUT2D eigenvalue weighted by Gasteiger charge is 2.18. The summed E-state index contributed by atoms with van der Waals surface area (Å²) in [7, 11) is 0. The van der Waals surface area contributed by atoms with Gasteiger partial charge >= 0.3 is 0 Å². The lowest BCUT2D eigenvalue weighted by atomic mass is 10.0. The van der Waals surface area contributed by atoms with Crippen LogP contribution in [0.5, 0.6) is 0 Å². The van der Waals surface area contributed by atoms with Crippen molar-refractivity contribution in [1.82, 2.24) is 19.6 Å². The molecule has 0 aliphatic carbocycles. The molecule has 1 aliphatic rings. The SMILES string of the molecule is Cc1ccc2nc(-c3ccc(-c4ccccc4)cc3)c(CN3CCNCC3)n2c1. The molecule has 0 radical (unpaired) electrons. The van der Waals surface area contributed by atoms with Gasteiger partial charge in [0.25, 0.3) is 0 Å². The van der Waals surface area contributed by atoms with Crippen LogP contribution in [0.2, 0.25) is 0 Å². The number of aromatic nitrogens is 2. The molecule has 1 N–H and O–H groups in total. The molecule has 4 nitrogen and oxygen atoms in total. The summed E-state index contributed by atoms with van der Waals surface area (Å²) in [4.78, 5) is 7.53. The van der Waals surface area contributed by atoms with Gasteiger partial charge in [0, 0.05) is 44.5 Å². The van der Waals surface area contributed by atoms with E-state index in [0.29, 0.717) is 0 Å². The van der Waals surface area contributed by atoms with Crippen LogP contribution < -0.4 is 5.32 Å². The molecule has 29 heavy (non-hydrogen) atoms. The van der Waals surface area contributed by atoms with Gasteiger partial charge in [-0.2, -0.15) is 0 Å². The zero-order valence-electron chi connectivity index (χ0n) is 16.8. The van der Waals surface area contributed by atoms with Crippen LogP contribution in [0, 0.1) is 6.92 Å². The Morgan fingerprint density at radius 3 is 2.28 bits per heavy atom. The van der Waals surface area contributed by atoms with Crippen molar-refractivity contribution < 1.29 is 0 Å². The Bertz CT molecular complexity index is 1110. The smallest absolute Gasteiger partial charge is 0.137 e. The monoisotopic (exact) mass is 382 g/mol. The van der Waals surface area contributed by atoms with E-state index in [1.165, 1.54) is 27.9 Å². The van der Waals surface area contributed by atoms with Crippen molar-refractivity contribution in [3.8, 4) is 22.4 Å². The molecule has 0 saturated carbocycles. The Morgan fingerprint density at radius 1 is 0.828 bits per heavy atom. The van der Waals surface area contributed by atoms with E-state index in [9.17, 15) is 0 Å². The van der Waals surface area contributed by atoms with Crippen LogP contribution in [0.4, 0.5) is 0 Å². The molecule has 1 saturated heterocycles. The minimum Gasteiger partial charge on any atom is -0.314 e. The number of piperazine rings is 1. The van der Waals surface area contributed by atoms with E-state index >= 15 is 0 Å². The van der Waals surface area contributed by atoms with Gasteiger partial charge in [-0.05, 0) is 29.7 Å². The molecule has 146 valence electrons. The fourth-order valence-corrected chi connectivity index (χ4v) is 4.11. The van der Waals surface area contributed by atoms with Crippen LogP contribution >= 0.6 is 0 Å². The van der Waals surface area contributed by atoms with Crippen molar-refractivity contribution in [2.24, 2.45) is 0 Å². The standard InChI is InChI=1S/C25H26N4/c1-19-7-12-24-27-25(23(29(24)17-19)18-28-15-13-26-14-16-28)22-10-8-21(9-11-22)20-5-3-2-4-6-20/h2-12,17,26H,13-16,18H2,1H3. The van der Waals surface area contributed by atoms with Crippen LogP contribution in [0.1, 0.15) is 11.3 Å². The number of imidazole rings is 1. The molecule has 2 aromatic carbocycles. The minimum absolute atomic E-state index is 0.919. The lowest BCUT2D eigenvalue weighted by Crippen LogP contribution is -2.43. The van der Waals surface area contributed by atoms with E-state index < -0.39 is 0 Å². The number of aryl methyl sites for hydroxylation is 1. The summed E-state index contributed by atoms with van der Waals surface area (Å²) in [5, 5.41) is 3.44. The van der Waals surface area contributed by atoms with E-state index in [1.807, 2.05) is 0 Å². The number of fused-ring (bicyclic) bond motifs is 1. The van der Waals surface area contributed by atoms with Crippen LogP contribution in [0.15, 0.2) is 72.9 Å².